The molecule has 0 saturated carbocycles. The SMILES string of the molecule is CC#CCNCCCCC(N)=NO. The maximum atomic E-state index is 8.24. The van der Waals surface area contributed by atoms with Crippen molar-refractivity contribution in [2.75, 3.05) is 13.1 Å². The highest BCUT2D eigenvalue weighted by Crippen LogP contribution is 1.93. The van der Waals surface area contributed by atoms with Crippen LogP contribution in [0.15, 0.2) is 5.16 Å². The number of hydrogen-bond donors (Lipinski definition) is 3. The Balaban J connectivity index is 3.11. The van der Waals surface area contributed by atoms with Crippen LogP contribution in [-0.2, 0) is 0 Å². The van der Waals surface area contributed by atoms with Gasteiger partial charge in [0.1, 0.15) is 5.84 Å². The Morgan fingerprint density at radius 3 is 2.92 bits per heavy atom. The van der Waals surface area contributed by atoms with Crippen LogP contribution in [0.3, 0.4) is 0 Å². The molecule has 74 valence electrons. The van der Waals surface area contributed by atoms with Gasteiger partial charge in [-0.3, -0.25) is 0 Å². The van der Waals surface area contributed by atoms with Gasteiger partial charge in [-0.15, -0.1) is 5.92 Å². The average Bonchev–Trinajstić information content (AvgIpc) is 2.16. The standard InChI is InChI=1S/C9H17N3O/c1-2-3-7-11-8-5-4-6-9(10)12-13/h11,13H,4-8H2,1H3,(H2,10,12). The molecule has 0 fully saturated rings. The molecule has 0 aliphatic carbocycles. The number of hydrogen-bond acceptors (Lipinski definition) is 3. The van der Waals surface area contributed by atoms with Gasteiger partial charge >= 0.3 is 0 Å². The van der Waals surface area contributed by atoms with E-state index in [1.165, 1.54) is 0 Å². The Hall–Kier alpha value is -1.21. The van der Waals surface area contributed by atoms with Crippen molar-refractivity contribution < 1.29 is 5.21 Å². The molecular formula is C9H17N3O. The maximum absolute atomic E-state index is 8.24. The van der Waals surface area contributed by atoms with Crippen LogP contribution in [-0.4, -0.2) is 24.1 Å². The molecule has 0 unspecified atom stereocenters. The fraction of sp³-hybridized carbons (Fsp3) is 0.667. The molecule has 0 aliphatic heterocycles. The summed E-state index contributed by atoms with van der Waals surface area (Å²) in [6, 6.07) is 0. The van der Waals surface area contributed by atoms with Crippen molar-refractivity contribution in [2.24, 2.45) is 10.9 Å². The van der Waals surface area contributed by atoms with E-state index in [1.54, 1.807) is 0 Å². The van der Waals surface area contributed by atoms with Crippen molar-refractivity contribution in [1.82, 2.24) is 5.32 Å². The summed E-state index contributed by atoms with van der Waals surface area (Å²) in [5.74, 6) is 6.01. The van der Waals surface area contributed by atoms with E-state index in [2.05, 4.69) is 22.3 Å². The van der Waals surface area contributed by atoms with Gasteiger partial charge in [-0.25, -0.2) is 0 Å². The number of amidine groups is 1. The molecule has 4 N–H and O–H groups in total. The number of nitrogens with two attached hydrogens (primary N) is 1. The molecule has 4 nitrogen and oxygen atoms in total. The summed E-state index contributed by atoms with van der Waals surface area (Å²) in [6.45, 7) is 3.48. The fourth-order valence-electron chi connectivity index (χ4n) is 0.845. The monoisotopic (exact) mass is 183 g/mol. The van der Waals surface area contributed by atoms with Crippen LogP contribution in [0.4, 0.5) is 0 Å². The molecule has 0 rings (SSSR count). The van der Waals surface area contributed by atoms with Crippen molar-refractivity contribution in [3.63, 3.8) is 0 Å². The summed E-state index contributed by atoms with van der Waals surface area (Å²) in [5.41, 5.74) is 5.29. The quantitative estimate of drug-likeness (QED) is 0.140. The molecule has 0 aromatic heterocycles. The van der Waals surface area contributed by atoms with Crippen LogP contribution in [0.1, 0.15) is 26.2 Å². The highest BCUT2D eigenvalue weighted by molar-refractivity contribution is 5.79. The maximum Gasteiger partial charge on any atom is 0.139 e. The molecule has 0 aromatic carbocycles. The molecule has 0 radical (unpaired) electrons. The highest BCUT2D eigenvalue weighted by atomic mass is 16.4. The Labute approximate surface area is 79.2 Å². The Bertz CT molecular complexity index is 203. The summed E-state index contributed by atoms with van der Waals surface area (Å²) in [6.07, 6.45) is 2.60. The summed E-state index contributed by atoms with van der Waals surface area (Å²) in [4.78, 5) is 0. The van der Waals surface area contributed by atoms with Crippen molar-refractivity contribution in [3.8, 4) is 11.8 Å². The zero-order valence-electron chi connectivity index (χ0n) is 8.01. The van der Waals surface area contributed by atoms with E-state index in [4.69, 9.17) is 10.9 Å². The Kier molecular flexibility index (Phi) is 8.06. The van der Waals surface area contributed by atoms with E-state index in [0.29, 0.717) is 12.3 Å². The van der Waals surface area contributed by atoms with E-state index >= 15 is 0 Å². The first-order valence-corrected chi connectivity index (χ1v) is 4.38. The number of unbranched alkanes of at least 4 members (excludes halogenated alkanes) is 1. The summed E-state index contributed by atoms with van der Waals surface area (Å²) >= 11 is 0. The molecule has 0 heterocycles. The van der Waals surface area contributed by atoms with Gasteiger partial charge in [0.2, 0.25) is 0 Å². The zero-order chi connectivity index (χ0) is 9.94. The normalized spacial score (nSPS) is 10.7. The molecule has 0 aliphatic rings. The van der Waals surface area contributed by atoms with Crippen molar-refractivity contribution in [1.29, 1.82) is 0 Å². The van der Waals surface area contributed by atoms with E-state index < -0.39 is 0 Å². The lowest BCUT2D eigenvalue weighted by Gasteiger charge is -1.99. The molecule has 0 atom stereocenters. The van der Waals surface area contributed by atoms with Gasteiger partial charge in [0, 0.05) is 6.42 Å². The van der Waals surface area contributed by atoms with Crippen LogP contribution >= 0.6 is 0 Å². The lowest BCUT2D eigenvalue weighted by molar-refractivity contribution is 0.316. The largest absolute Gasteiger partial charge is 0.409 e. The second kappa shape index (κ2) is 8.88. The Morgan fingerprint density at radius 1 is 1.54 bits per heavy atom. The minimum absolute atomic E-state index is 0.299. The van der Waals surface area contributed by atoms with Gasteiger partial charge in [0.15, 0.2) is 0 Å². The predicted octanol–water partition coefficient (Wildman–Crippen LogP) is 0.516. The second-order valence-electron chi connectivity index (χ2n) is 2.65. The van der Waals surface area contributed by atoms with Gasteiger partial charge in [0.25, 0.3) is 0 Å². The predicted molar refractivity (Wildman–Crippen MR) is 53.6 cm³/mol. The number of nitrogens with one attached hydrogen (secondary N) is 1. The first kappa shape index (κ1) is 11.8. The topological polar surface area (TPSA) is 70.6 Å². The molecule has 13 heavy (non-hydrogen) atoms. The number of nitrogens with zero attached hydrogens (tertiary/aromatic N) is 1. The third kappa shape index (κ3) is 8.70. The van der Waals surface area contributed by atoms with Crippen molar-refractivity contribution in [2.45, 2.75) is 26.2 Å². The van der Waals surface area contributed by atoms with Gasteiger partial charge in [-0.2, -0.15) is 0 Å². The smallest absolute Gasteiger partial charge is 0.139 e. The van der Waals surface area contributed by atoms with Crippen LogP contribution in [0.5, 0.6) is 0 Å². The van der Waals surface area contributed by atoms with E-state index in [9.17, 15) is 0 Å². The summed E-state index contributed by atoms with van der Waals surface area (Å²) in [5, 5.41) is 14.3. The lowest BCUT2D eigenvalue weighted by Crippen LogP contribution is -2.16. The summed E-state index contributed by atoms with van der Waals surface area (Å²) < 4.78 is 0. The molecule has 0 bridgehead atoms. The van der Waals surface area contributed by atoms with Crippen molar-refractivity contribution >= 4 is 5.84 Å². The molecule has 4 heteroatoms. The first-order valence-electron chi connectivity index (χ1n) is 4.38. The first-order chi connectivity index (χ1) is 6.31. The van der Waals surface area contributed by atoms with E-state index in [1.807, 2.05) is 6.92 Å². The van der Waals surface area contributed by atoms with Crippen LogP contribution < -0.4 is 11.1 Å². The summed E-state index contributed by atoms with van der Waals surface area (Å²) in [7, 11) is 0. The van der Waals surface area contributed by atoms with Crippen molar-refractivity contribution in [3.05, 3.63) is 0 Å². The second-order valence-corrected chi connectivity index (χ2v) is 2.65. The van der Waals surface area contributed by atoms with Crippen LogP contribution in [0.25, 0.3) is 0 Å². The Morgan fingerprint density at radius 2 is 2.31 bits per heavy atom. The zero-order valence-corrected chi connectivity index (χ0v) is 8.01. The number of oxime groups is 1. The lowest BCUT2D eigenvalue weighted by atomic mass is 10.2. The highest BCUT2D eigenvalue weighted by Gasteiger charge is 1.92. The third-order valence-electron chi connectivity index (χ3n) is 1.56. The fourth-order valence-corrected chi connectivity index (χ4v) is 0.845. The van der Waals surface area contributed by atoms with Gasteiger partial charge in [-0.05, 0) is 26.3 Å². The van der Waals surface area contributed by atoms with Crippen LogP contribution in [0, 0.1) is 11.8 Å². The molecule has 0 saturated heterocycles. The van der Waals surface area contributed by atoms with Crippen LogP contribution in [0.2, 0.25) is 0 Å². The minimum atomic E-state index is 0.299. The van der Waals surface area contributed by atoms with E-state index in [0.717, 1.165) is 25.9 Å². The number of rotatable bonds is 6. The molecule has 0 aromatic rings. The minimum Gasteiger partial charge on any atom is -0.409 e. The third-order valence-corrected chi connectivity index (χ3v) is 1.56. The van der Waals surface area contributed by atoms with Gasteiger partial charge < -0.3 is 16.3 Å². The van der Waals surface area contributed by atoms with E-state index in [-0.39, 0.29) is 0 Å². The molecular weight excluding hydrogens is 166 g/mol. The molecule has 0 spiro atoms. The van der Waals surface area contributed by atoms with Gasteiger partial charge in [0.05, 0.1) is 6.54 Å². The average molecular weight is 183 g/mol. The molecule has 0 amide bonds. The van der Waals surface area contributed by atoms with Gasteiger partial charge in [-0.1, -0.05) is 11.1 Å².